The number of anilines is 2. The summed E-state index contributed by atoms with van der Waals surface area (Å²) in [5.74, 6) is 1.35. The van der Waals surface area contributed by atoms with E-state index in [4.69, 9.17) is 9.47 Å². The number of aryl methyl sites for hydroxylation is 2. The highest BCUT2D eigenvalue weighted by Crippen LogP contribution is 2.26. The Kier molecular flexibility index (Phi) is 6.41. The third-order valence-electron chi connectivity index (χ3n) is 4.28. The number of hydrogen-bond acceptors (Lipinski definition) is 7. The maximum Gasteiger partial charge on any atom is 0.266 e. The van der Waals surface area contributed by atoms with Crippen LogP contribution in [0.15, 0.2) is 53.4 Å². The molecule has 0 aliphatic carbocycles. The molecule has 30 heavy (non-hydrogen) atoms. The second kappa shape index (κ2) is 9.00. The zero-order chi connectivity index (χ0) is 21.7. The summed E-state index contributed by atoms with van der Waals surface area (Å²) in [6, 6.07) is 13.9. The maximum absolute atomic E-state index is 13.0. The fourth-order valence-electron chi connectivity index (χ4n) is 2.96. The van der Waals surface area contributed by atoms with Crippen molar-refractivity contribution >= 4 is 21.7 Å². The highest BCUT2D eigenvalue weighted by molar-refractivity contribution is 7.92. The van der Waals surface area contributed by atoms with Gasteiger partial charge in [-0.05, 0) is 49.7 Å². The first kappa shape index (κ1) is 21.4. The van der Waals surface area contributed by atoms with Crippen molar-refractivity contribution in [3.63, 3.8) is 0 Å². The number of nitrogens with zero attached hydrogens (tertiary/aromatic N) is 2. The molecule has 0 fully saturated rings. The fraction of sp³-hybridized carbons (Fsp3) is 0.238. The smallest absolute Gasteiger partial charge is 0.266 e. The zero-order valence-electron chi connectivity index (χ0n) is 17.3. The topological polar surface area (TPSA) is 102 Å². The van der Waals surface area contributed by atoms with Crippen molar-refractivity contribution in [2.45, 2.75) is 25.3 Å². The number of hydrogen-bond donors (Lipinski definition) is 2. The van der Waals surface area contributed by atoms with E-state index < -0.39 is 10.0 Å². The van der Waals surface area contributed by atoms with Gasteiger partial charge in [-0.2, -0.15) is 0 Å². The SMILES string of the molecule is COc1cc(CNc2ccccc2S(=O)(=O)Nc2nc(C)cc(C)n2)cc(OC)c1. The molecule has 0 spiro atoms. The molecular weight excluding hydrogens is 404 g/mol. The molecule has 1 aromatic heterocycles. The quantitative estimate of drug-likeness (QED) is 0.566. The van der Waals surface area contributed by atoms with Crippen LogP contribution in [0.4, 0.5) is 11.6 Å². The van der Waals surface area contributed by atoms with E-state index in [-0.39, 0.29) is 10.8 Å². The van der Waals surface area contributed by atoms with Crippen LogP contribution in [0, 0.1) is 13.8 Å². The van der Waals surface area contributed by atoms with Crippen molar-refractivity contribution < 1.29 is 17.9 Å². The van der Waals surface area contributed by atoms with Crippen LogP contribution in [-0.2, 0) is 16.6 Å². The van der Waals surface area contributed by atoms with Gasteiger partial charge in [0, 0.05) is 24.0 Å². The number of nitrogens with one attached hydrogen (secondary N) is 2. The maximum atomic E-state index is 13.0. The van der Waals surface area contributed by atoms with Gasteiger partial charge in [-0.15, -0.1) is 0 Å². The Balaban J connectivity index is 1.85. The number of aromatic nitrogens is 2. The van der Waals surface area contributed by atoms with Gasteiger partial charge in [0.25, 0.3) is 10.0 Å². The molecule has 0 radical (unpaired) electrons. The van der Waals surface area contributed by atoms with Gasteiger partial charge in [0.15, 0.2) is 0 Å². The number of benzene rings is 2. The normalized spacial score (nSPS) is 11.1. The van der Waals surface area contributed by atoms with E-state index in [0.29, 0.717) is 35.1 Å². The number of ether oxygens (including phenoxy) is 2. The van der Waals surface area contributed by atoms with Gasteiger partial charge >= 0.3 is 0 Å². The predicted molar refractivity (Wildman–Crippen MR) is 116 cm³/mol. The van der Waals surface area contributed by atoms with Gasteiger partial charge < -0.3 is 14.8 Å². The van der Waals surface area contributed by atoms with Crippen LogP contribution in [0.1, 0.15) is 17.0 Å². The average Bonchev–Trinajstić information content (AvgIpc) is 2.71. The molecule has 8 nitrogen and oxygen atoms in total. The molecule has 0 saturated heterocycles. The zero-order valence-corrected chi connectivity index (χ0v) is 18.1. The Labute approximate surface area is 176 Å². The van der Waals surface area contributed by atoms with Crippen LogP contribution in [0.3, 0.4) is 0 Å². The number of rotatable bonds is 8. The number of methoxy groups -OCH3 is 2. The molecule has 0 amide bonds. The van der Waals surface area contributed by atoms with E-state index in [1.54, 1.807) is 58.4 Å². The van der Waals surface area contributed by atoms with Crippen molar-refractivity contribution in [3.05, 3.63) is 65.5 Å². The van der Waals surface area contributed by atoms with Crippen molar-refractivity contribution in [1.29, 1.82) is 0 Å². The standard InChI is InChI=1S/C21H24N4O4S/c1-14-9-15(2)24-21(23-14)25-30(26,27)20-8-6-5-7-19(20)22-13-16-10-17(28-3)12-18(11-16)29-4/h5-12,22H,13H2,1-4H3,(H,23,24,25). The highest BCUT2D eigenvalue weighted by atomic mass is 32.2. The first-order chi connectivity index (χ1) is 14.3. The molecule has 9 heteroatoms. The lowest BCUT2D eigenvalue weighted by Crippen LogP contribution is -2.17. The Morgan fingerprint density at radius 1 is 0.900 bits per heavy atom. The van der Waals surface area contributed by atoms with Crippen LogP contribution < -0.4 is 19.5 Å². The molecule has 2 aromatic carbocycles. The summed E-state index contributed by atoms with van der Waals surface area (Å²) in [7, 11) is -0.738. The Morgan fingerprint density at radius 2 is 1.50 bits per heavy atom. The molecule has 158 valence electrons. The minimum atomic E-state index is -3.89. The summed E-state index contributed by atoms with van der Waals surface area (Å²) in [5.41, 5.74) is 2.69. The summed E-state index contributed by atoms with van der Waals surface area (Å²) in [6.07, 6.45) is 0. The second-order valence-corrected chi connectivity index (χ2v) is 8.30. The van der Waals surface area contributed by atoms with E-state index >= 15 is 0 Å². The van der Waals surface area contributed by atoms with E-state index in [0.717, 1.165) is 5.56 Å². The molecule has 0 saturated carbocycles. The largest absolute Gasteiger partial charge is 0.497 e. The van der Waals surface area contributed by atoms with Gasteiger partial charge in [0.2, 0.25) is 5.95 Å². The second-order valence-electron chi connectivity index (χ2n) is 6.65. The summed E-state index contributed by atoms with van der Waals surface area (Å²) < 4.78 is 39.0. The minimum Gasteiger partial charge on any atom is -0.497 e. The van der Waals surface area contributed by atoms with Crippen LogP contribution in [0.25, 0.3) is 0 Å². The van der Waals surface area contributed by atoms with Crippen molar-refractivity contribution in [3.8, 4) is 11.5 Å². The van der Waals surface area contributed by atoms with Crippen molar-refractivity contribution in [1.82, 2.24) is 9.97 Å². The monoisotopic (exact) mass is 428 g/mol. The van der Waals surface area contributed by atoms with Crippen molar-refractivity contribution in [2.75, 3.05) is 24.3 Å². The molecule has 0 bridgehead atoms. The molecule has 3 rings (SSSR count). The molecule has 0 unspecified atom stereocenters. The lowest BCUT2D eigenvalue weighted by molar-refractivity contribution is 0.393. The Bertz CT molecular complexity index is 1110. The van der Waals surface area contributed by atoms with Gasteiger partial charge in [-0.1, -0.05) is 12.1 Å². The molecule has 2 N–H and O–H groups in total. The summed E-state index contributed by atoms with van der Waals surface area (Å²) >= 11 is 0. The van der Waals surface area contributed by atoms with Gasteiger partial charge in [-0.25, -0.2) is 23.1 Å². The third-order valence-corrected chi connectivity index (χ3v) is 5.67. The van der Waals surface area contributed by atoms with E-state index in [1.807, 2.05) is 12.1 Å². The molecule has 3 aromatic rings. The molecule has 0 aliphatic rings. The highest BCUT2D eigenvalue weighted by Gasteiger charge is 2.20. The molecule has 0 aliphatic heterocycles. The van der Waals surface area contributed by atoms with Gasteiger partial charge in [-0.3, -0.25) is 0 Å². The van der Waals surface area contributed by atoms with E-state index in [2.05, 4.69) is 20.0 Å². The first-order valence-corrected chi connectivity index (χ1v) is 10.7. The lowest BCUT2D eigenvalue weighted by atomic mass is 10.2. The van der Waals surface area contributed by atoms with Gasteiger partial charge in [0.1, 0.15) is 16.4 Å². The first-order valence-electron chi connectivity index (χ1n) is 9.20. The minimum absolute atomic E-state index is 0.0415. The predicted octanol–water partition coefficient (Wildman–Crippen LogP) is 3.52. The lowest BCUT2D eigenvalue weighted by Gasteiger charge is -2.14. The van der Waals surface area contributed by atoms with Crippen LogP contribution in [0.2, 0.25) is 0 Å². The van der Waals surface area contributed by atoms with Gasteiger partial charge in [0.05, 0.1) is 19.9 Å². The summed E-state index contributed by atoms with van der Waals surface area (Å²) in [6.45, 7) is 3.94. The van der Waals surface area contributed by atoms with E-state index in [1.165, 1.54) is 6.07 Å². The number of para-hydroxylation sites is 1. The summed E-state index contributed by atoms with van der Waals surface area (Å²) in [5, 5.41) is 3.18. The average molecular weight is 429 g/mol. The fourth-order valence-corrected chi connectivity index (χ4v) is 4.09. The van der Waals surface area contributed by atoms with Crippen molar-refractivity contribution in [2.24, 2.45) is 0 Å². The number of sulfonamides is 1. The van der Waals surface area contributed by atoms with Crippen LogP contribution in [0.5, 0.6) is 11.5 Å². The van der Waals surface area contributed by atoms with E-state index in [9.17, 15) is 8.42 Å². The Hall–Kier alpha value is -3.33. The molecule has 0 atom stereocenters. The molecular formula is C21H24N4O4S. The molecule has 1 heterocycles. The summed E-state index contributed by atoms with van der Waals surface area (Å²) in [4.78, 5) is 8.41. The Morgan fingerprint density at radius 3 is 2.10 bits per heavy atom. The van der Waals surface area contributed by atoms with Crippen LogP contribution in [-0.4, -0.2) is 32.6 Å². The van der Waals surface area contributed by atoms with Crippen LogP contribution >= 0.6 is 0 Å². The third kappa shape index (κ3) is 5.18.